The molecule has 0 radical (unpaired) electrons. The van der Waals surface area contributed by atoms with Crippen molar-refractivity contribution in [3.63, 3.8) is 0 Å². The zero-order chi connectivity index (χ0) is 9.40. The first kappa shape index (κ1) is 11.4. The molecule has 0 rings (SSSR count). The minimum absolute atomic E-state index is 0.116. The van der Waals surface area contributed by atoms with Crippen molar-refractivity contribution in [2.45, 2.75) is 39.7 Å². The topological polar surface area (TPSA) is 38.3 Å². The average Bonchev–Trinajstić information content (AvgIpc) is 1.98. The van der Waals surface area contributed by atoms with E-state index in [2.05, 4.69) is 5.32 Å². The summed E-state index contributed by atoms with van der Waals surface area (Å²) in [6.07, 6.45) is 1.76. The zero-order valence-corrected chi connectivity index (χ0v) is 8.22. The van der Waals surface area contributed by atoms with Crippen LogP contribution in [0.15, 0.2) is 0 Å². The Balaban J connectivity index is 3.14. The van der Waals surface area contributed by atoms with Gasteiger partial charge in [0.15, 0.2) is 0 Å². The van der Waals surface area contributed by atoms with E-state index < -0.39 is 0 Å². The molecule has 3 heteroatoms. The molecule has 0 bridgehead atoms. The highest BCUT2D eigenvalue weighted by Crippen LogP contribution is 1.87. The molecule has 0 aromatic carbocycles. The van der Waals surface area contributed by atoms with Crippen LogP contribution in [-0.4, -0.2) is 25.2 Å². The second-order valence-corrected chi connectivity index (χ2v) is 3.02. The summed E-state index contributed by atoms with van der Waals surface area (Å²) in [5, 5.41) is 2.78. The van der Waals surface area contributed by atoms with Crippen LogP contribution in [0.1, 0.15) is 33.6 Å². The Morgan fingerprint density at radius 3 is 2.67 bits per heavy atom. The van der Waals surface area contributed by atoms with Crippen LogP contribution in [0.4, 0.5) is 0 Å². The van der Waals surface area contributed by atoms with E-state index in [1.54, 1.807) is 0 Å². The van der Waals surface area contributed by atoms with Crippen LogP contribution in [0, 0.1) is 0 Å². The van der Waals surface area contributed by atoms with Gasteiger partial charge in [0, 0.05) is 13.0 Å². The molecule has 0 heterocycles. The maximum atomic E-state index is 10.9. The number of amides is 1. The first-order valence-electron chi connectivity index (χ1n) is 4.55. The van der Waals surface area contributed by atoms with Crippen LogP contribution in [-0.2, 0) is 9.53 Å². The predicted molar refractivity (Wildman–Crippen MR) is 49.0 cm³/mol. The second-order valence-electron chi connectivity index (χ2n) is 3.02. The van der Waals surface area contributed by atoms with Gasteiger partial charge in [-0.15, -0.1) is 0 Å². The molecule has 0 aliphatic carbocycles. The summed E-state index contributed by atoms with van der Waals surface area (Å²) in [7, 11) is 0. The standard InChI is InChI=1S/C9H19NO2/c1-4-5-9(11)10-6-7-12-8(2)3/h8H,4-7H2,1-3H3,(H,10,11). The van der Waals surface area contributed by atoms with Gasteiger partial charge in [0.2, 0.25) is 5.91 Å². The Labute approximate surface area is 74.5 Å². The zero-order valence-electron chi connectivity index (χ0n) is 8.22. The van der Waals surface area contributed by atoms with Gasteiger partial charge in [-0.1, -0.05) is 6.92 Å². The van der Waals surface area contributed by atoms with Gasteiger partial charge >= 0.3 is 0 Å². The Kier molecular flexibility index (Phi) is 6.76. The molecule has 0 saturated heterocycles. The lowest BCUT2D eigenvalue weighted by molar-refractivity contribution is -0.121. The summed E-state index contributed by atoms with van der Waals surface area (Å²) in [5.74, 6) is 0.116. The van der Waals surface area contributed by atoms with E-state index in [1.807, 2.05) is 20.8 Å². The van der Waals surface area contributed by atoms with Gasteiger partial charge in [-0.3, -0.25) is 4.79 Å². The van der Waals surface area contributed by atoms with Crippen LogP contribution in [0.2, 0.25) is 0 Å². The monoisotopic (exact) mass is 173 g/mol. The number of hydrogen-bond acceptors (Lipinski definition) is 2. The van der Waals surface area contributed by atoms with Gasteiger partial charge in [0.25, 0.3) is 0 Å². The molecule has 0 aliphatic rings. The SMILES string of the molecule is CCCC(=O)NCCOC(C)C. The molecular weight excluding hydrogens is 154 g/mol. The van der Waals surface area contributed by atoms with Crippen molar-refractivity contribution in [3.05, 3.63) is 0 Å². The highest BCUT2D eigenvalue weighted by atomic mass is 16.5. The maximum absolute atomic E-state index is 10.9. The van der Waals surface area contributed by atoms with Crippen molar-refractivity contribution >= 4 is 5.91 Å². The van der Waals surface area contributed by atoms with Crippen molar-refractivity contribution in [1.29, 1.82) is 0 Å². The third-order valence-electron chi connectivity index (χ3n) is 1.35. The van der Waals surface area contributed by atoms with Crippen LogP contribution < -0.4 is 5.32 Å². The van der Waals surface area contributed by atoms with E-state index in [-0.39, 0.29) is 12.0 Å². The number of ether oxygens (including phenoxy) is 1. The number of carbonyl (C=O) groups excluding carboxylic acids is 1. The van der Waals surface area contributed by atoms with Gasteiger partial charge in [-0.25, -0.2) is 0 Å². The van der Waals surface area contributed by atoms with Crippen molar-refractivity contribution in [2.24, 2.45) is 0 Å². The van der Waals surface area contributed by atoms with Crippen LogP contribution in [0.5, 0.6) is 0 Å². The Morgan fingerprint density at radius 1 is 1.50 bits per heavy atom. The van der Waals surface area contributed by atoms with Crippen LogP contribution in [0.25, 0.3) is 0 Å². The average molecular weight is 173 g/mol. The largest absolute Gasteiger partial charge is 0.377 e. The van der Waals surface area contributed by atoms with E-state index in [9.17, 15) is 4.79 Å². The van der Waals surface area contributed by atoms with Gasteiger partial charge in [0.05, 0.1) is 12.7 Å². The van der Waals surface area contributed by atoms with Crippen molar-refractivity contribution < 1.29 is 9.53 Å². The minimum Gasteiger partial charge on any atom is -0.377 e. The minimum atomic E-state index is 0.116. The molecule has 72 valence electrons. The lowest BCUT2D eigenvalue weighted by Crippen LogP contribution is -2.27. The molecule has 0 saturated carbocycles. The Bertz CT molecular complexity index is 124. The summed E-state index contributed by atoms with van der Waals surface area (Å²) >= 11 is 0. The molecular formula is C9H19NO2. The molecule has 0 aromatic heterocycles. The molecule has 0 atom stereocenters. The highest BCUT2D eigenvalue weighted by Gasteiger charge is 1.97. The smallest absolute Gasteiger partial charge is 0.220 e. The third kappa shape index (κ3) is 7.54. The van der Waals surface area contributed by atoms with E-state index >= 15 is 0 Å². The summed E-state index contributed by atoms with van der Waals surface area (Å²) < 4.78 is 5.26. The van der Waals surface area contributed by atoms with E-state index in [4.69, 9.17) is 4.74 Å². The number of nitrogens with one attached hydrogen (secondary N) is 1. The summed E-state index contributed by atoms with van der Waals surface area (Å²) in [5.41, 5.74) is 0. The van der Waals surface area contributed by atoms with E-state index in [1.165, 1.54) is 0 Å². The van der Waals surface area contributed by atoms with E-state index in [0.29, 0.717) is 19.6 Å². The molecule has 1 amide bonds. The maximum Gasteiger partial charge on any atom is 0.220 e. The first-order valence-corrected chi connectivity index (χ1v) is 4.55. The lowest BCUT2D eigenvalue weighted by Gasteiger charge is -2.07. The molecule has 1 N–H and O–H groups in total. The fourth-order valence-corrected chi connectivity index (χ4v) is 0.801. The normalized spacial score (nSPS) is 10.3. The van der Waals surface area contributed by atoms with Crippen molar-refractivity contribution in [2.75, 3.05) is 13.2 Å². The van der Waals surface area contributed by atoms with E-state index in [0.717, 1.165) is 6.42 Å². The van der Waals surface area contributed by atoms with Crippen LogP contribution >= 0.6 is 0 Å². The summed E-state index contributed by atoms with van der Waals surface area (Å²) in [4.78, 5) is 10.9. The summed E-state index contributed by atoms with van der Waals surface area (Å²) in [6, 6.07) is 0. The molecule has 0 unspecified atom stereocenters. The van der Waals surface area contributed by atoms with Crippen LogP contribution in [0.3, 0.4) is 0 Å². The fourth-order valence-electron chi connectivity index (χ4n) is 0.801. The number of hydrogen-bond donors (Lipinski definition) is 1. The Hall–Kier alpha value is -0.570. The molecule has 3 nitrogen and oxygen atoms in total. The predicted octanol–water partition coefficient (Wildman–Crippen LogP) is 1.33. The highest BCUT2D eigenvalue weighted by molar-refractivity contribution is 5.75. The quantitative estimate of drug-likeness (QED) is 0.615. The van der Waals surface area contributed by atoms with Crippen molar-refractivity contribution in [3.8, 4) is 0 Å². The third-order valence-corrected chi connectivity index (χ3v) is 1.35. The van der Waals surface area contributed by atoms with Gasteiger partial charge in [0.1, 0.15) is 0 Å². The molecule has 0 aromatic rings. The second kappa shape index (κ2) is 7.10. The van der Waals surface area contributed by atoms with Gasteiger partial charge in [-0.05, 0) is 20.3 Å². The number of rotatable bonds is 6. The Morgan fingerprint density at radius 2 is 2.17 bits per heavy atom. The first-order chi connectivity index (χ1) is 5.66. The lowest BCUT2D eigenvalue weighted by atomic mass is 10.3. The fraction of sp³-hybridized carbons (Fsp3) is 0.889. The summed E-state index contributed by atoms with van der Waals surface area (Å²) in [6.45, 7) is 7.18. The molecule has 12 heavy (non-hydrogen) atoms. The van der Waals surface area contributed by atoms with Gasteiger partial charge in [-0.2, -0.15) is 0 Å². The molecule has 0 aliphatic heterocycles. The van der Waals surface area contributed by atoms with Gasteiger partial charge < -0.3 is 10.1 Å². The number of carbonyl (C=O) groups is 1. The molecule has 0 spiro atoms. The molecule has 0 fully saturated rings. The van der Waals surface area contributed by atoms with Crippen molar-refractivity contribution in [1.82, 2.24) is 5.32 Å².